The number of rotatable bonds is 8. The maximum absolute atomic E-state index is 10.4. The first-order valence-corrected chi connectivity index (χ1v) is 11.6. The minimum Gasteiger partial charge on any atom is -0.475 e. The molecule has 0 fully saturated rings. The van der Waals surface area contributed by atoms with Crippen LogP contribution in [0.2, 0.25) is 0 Å². The van der Waals surface area contributed by atoms with Crippen molar-refractivity contribution in [2.45, 2.75) is 32.3 Å². The monoisotopic (exact) mass is 479 g/mol. The summed E-state index contributed by atoms with van der Waals surface area (Å²) in [6.45, 7) is 7.07. The molecule has 1 unspecified atom stereocenters. The van der Waals surface area contributed by atoms with Crippen LogP contribution in [0, 0.1) is 0 Å². The van der Waals surface area contributed by atoms with Gasteiger partial charge in [-0.25, -0.2) is 0 Å². The molecule has 0 bridgehead atoms. The Hall–Kier alpha value is -3.16. The Morgan fingerprint density at radius 3 is 2.29 bits per heavy atom. The zero-order chi connectivity index (χ0) is 24.7. The first-order chi connectivity index (χ1) is 16.1. The molecule has 1 heterocycles. The number of anilines is 2. The highest BCUT2D eigenvalue weighted by Crippen LogP contribution is 2.25. The van der Waals surface area contributed by atoms with Crippen LogP contribution in [-0.2, 0) is 5.41 Å². The molecule has 180 valence electrons. The van der Waals surface area contributed by atoms with E-state index < -0.39 is 6.10 Å². The lowest BCUT2D eigenvalue weighted by atomic mass is 9.87. The van der Waals surface area contributed by atoms with Gasteiger partial charge in [-0.15, -0.1) is 0 Å². The summed E-state index contributed by atoms with van der Waals surface area (Å²) in [4.78, 5) is 8.16. The summed E-state index contributed by atoms with van der Waals surface area (Å²) >= 11 is 5.47. The van der Waals surface area contributed by atoms with Gasteiger partial charge >= 0.3 is 0 Å². The van der Waals surface area contributed by atoms with E-state index in [1.807, 2.05) is 78.7 Å². The summed E-state index contributed by atoms with van der Waals surface area (Å²) in [7, 11) is 3.73. The molecular weight excluding hydrogens is 446 g/mol. The average Bonchev–Trinajstić information content (AvgIpc) is 2.82. The molecule has 0 saturated carbocycles. The molecule has 0 aliphatic carbocycles. The van der Waals surface area contributed by atoms with Gasteiger partial charge in [0.05, 0.1) is 0 Å². The molecule has 0 spiro atoms. The van der Waals surface area contributed by atoms with Crippen molar-refractivity contribution in [1.29, 1.82) is 0 Å². The second kappa shape index (κ2) is 11.3. The van der Waals surface area contributed by atoms with Crippen molar-refractivity contribution in [3.05, 3.63) is 78.4 Å². The van der Waals surface area contributed by atoms with Crippen molar-refractivity contribution in [2.75, 3.05) is 37.0 Å². The maximum Gasteiger partial charge on any atom is 0.270 e. The van der Waals surface area contributed by atoms with E-state index in [9.17, 15) is 5.11 Å². The Labute approximate surface area is 207 Å². The smallest absolute Gasteiger partial charge is 0.270 e. The van der Waals surface area contributed by atoms with Crippen LogP contribution in [0.25, 0.3) is 0 Å². The van der Waals surface area contributed by atoms with Crippen LogP contribution in [0.3, 0.4) is 0 Å². The summed E-state index contributed by atoms with van der Waals surface area (Å²) in [5.74, 6) is 1.66. The number of benzene rings is 2. The number of likely N-dealkylation sites (N-methyl/N-ethyl adjacent to an activating group) is 1. The van der Waals surface area contributed by atoms with Crippen LogP contribution >= 0.6 is 12.2 Å². The Balaban J connectivity index is 1.55. The van der Waals surface area contributed by atoms with Gasteiger partial charge in [0.25, 0.3) is 5.17 Å². The van der Waals surface area contributed by atoms with Gasteiger partial charge in [-0.05, 0) is 53.5 Å². The number of aliphatic hydroxyl groups excluding tert-OH is 1. The van der Waals surface area contributed by atoms with Crippen molar-refractivity contribution >= 4 is 28.9 Å². The zero-order valence-electron chi connectivity index (χ0n) is 20.4. The third kappa shape index (κ3) is 7.17. The molecule has 3 rings (SSSR count). The Bertz CT molecular complexity index is 1070. The van der Waals surface area contributed by atoms with Crippen LogP contribution in [0.15, 0.2) is 72.8 Å². The Morgan fingerprint density at radius 1 is 0.971 bits per heavy atom. The number of ether oxygens (including phenoxy) is 2. The van der Waals surface area contributed by atoms with E-state index in [2.05, 4.69) is 25.8 Å². The molecular formula is C27H33N3O3S. The molecule has 1 N–H and O–H groups in total. The van der Waals surface area contributed by atoms with Gasteiger partial charge in [0.2, 0.25) is 5.88 Å². The highest BCUT2D eigenvalue weighted by Gasteiger charge is 2.16. The lowest BCUT2D eigenvalue weighted by molar-refractivity contribution is 0.110. The minimum atomic E-state index is -0.672. The van der Waals surface area contributed by atoms with Crippen LogP contribution < -0.4 is 19.3 Å². The number of aromatic nitrogens is 1. The first-order valence-electron chi connectivity index (χ1n) is 11.2. The van der Waals surface area contributed by atoms with Gasteiger partial charge in [0.15, 0.2) is 0 Å². The number of hydrogen-bond acceptors (Lipinski definition) is 6. The van der Waals surface area contributed by atoms with Crippen LogP contribution in [-0.4, -0.2) is 48.6 Å². The largest absolute Gasteiger partial charge is 0.475 e. The number of para-hydroxylation sites is 1. The van der Waals surface area contributed by atoms with Gasteiger partial charge in [0, 0.05) is 32.4 Å². The molecule has 34 heavy (non-hydrogen) atoms. The van der Waals surface area contributed by atoms with E-state index in [0.29, 0.717) is 24.0 Å². The van der Waals surface area contributed by atoms with E-state index in [0.717, 1.165) is 5.69 Å². The third-order valence-corrected chi connectivity index (χ3v) is 5.71. The van der Waals surface area contributed by atoms with Crippen LogP contribution in [0.4, 0.5) is 11.5 Å². The molecule has 0 saturated heterocycles. The van der Waals surface area contributed by atoms with Crippen LogP contribution in [0.5, 0.6) is 11.6 Å². The second-order valence-corrected chi connectivity index (χ2v) is 9.57. The molecule has 0 aliphatic rings. The third-order valence-electron chi connectivity index (χ3n) is 5.36. The first kappa shape index (κ1) is 25.5. The summed E-state index contributed by atoms with van der Waals surface area (Å²) in [6.07, 6.45) is -0.672. The summed E-state index contributed by atoms with van der Waals surface area (Å²) in [5.41, 5.74) is 2.33. The van der Waals surface area contributed by atoms with Gasteiger partial charge in [-0.2, -0.15) is 4.98 Å². The molecule has 3 aromatic rings. The fourth-order valence-electron chi connectivity index (χ4n) is 3.30. The number of hydrogen-bond donors (Lipinski definition) is 1. The maximum atomic E-state index is 10.4. The molecule has 1 atom stereocenters. The summed E-state index contributed by atoms with van der Waals surface area (Å²) in [5, 5.41) is 10.7. The van der Waals surface area contributed by atoms with E-state index >= 15 is 0 Å². The Kier molecular flexibility index (Phi) is 8.47. The van der Waals surface area contributed by atoms with E-state index in [-0.39, 0.29) is 17.2 Å². The molecule has 7 heteroatoms. The second-order valence-electron chi connectivity index (χ2n) is 9.22. The molecule has 1 aromatic heterocycles. The number of thiocarbonyl (C=S) groups is 1. The minimum absolute atomic E-state index is 0.0741. The molecule has 6 nitrogen and oxygen atoms in total. The predicted octanol–water partition coefficient (Wildman–Crippen LogP) is 5.06. The zero-order valence-corrected chi connectivity index (χ0v) is 21.2. The van der Waals surface area contributed by atoms with Crippen molar-refractivity contribution in [1.82, 2.24) is 4.98 Å². The highest BCUT2D eigenvalue weighted by molar-refractivity contribution is 7.80. The predicted molar refractivity (Wildman–Crippen MR) is 142 cm³/mol. The molecule has 0 aliphatic heterocycles. The van der Waals surface area contributed by atoms with E-state index in [1.54, 1.807) is 18.0 Å². The molecule has 0 amide bonds. The van der Waals surface area contributed by atoms with Crippen LogP contribution in [0.1, 0.15) is 26.3 Å². The molecule has 2 aromatic carbocycles. The number of nitrogens with zero attached hydrogens (tertiary/aromatic N) is 3. The topological polar surface area (TPSA) is 58.1 Å². The van der Waals surface area contributed by atoms with Crippen molar-refractivity contribution < 1.29 is 14.6 Å². The summed E-state index contributed by atoms with van der Waals surface area (Å²) < 4.78 is 11.6. The van der Waals surface area contributed by atoms with Crippen molar-refractivity contribution in [3.8, 4) is 11.6 Å². The van der Waals surface area contributed by atoms with Gasteiger partial charge in [-0.3, -0.25) is 4.90 Å². The van der Waals surface area contributed by atoms with Gasteiger partial charge in [0.1, 0.15) is 24.3 Å². The SMILES string of the molecule is CN(CC(O)COc1cccc(N(C)C(=S)Oc2ccc(C(C)(C)C)cc2)n1)c1ccccc1. The number of pyridine rings is 1. The van der Waals surface area contributed by atoms with Crippen molar-refractivity contribution in [2.24, 2.45) is 0 Å². The van der Waals surface area contributed by atoms with Gasteiger partial charge in [-0.1, -0.05) is 57.2 Å². The average molecular weight is 480 g/mol. The standard InChI is InChI=1S/C27H33N3O3S/c1-27(2,3)20-14-16-23(17-15-20)33-26(34)30(5)24-12-9-13-25(28-24)32-19-22(31)18-29(4)21-10-7-6-8-11-21/h6-17,22,31H,18-19H2,1-5H3. The number of aliphatic hydroxyl groups is 1. The Morgan fingerprint density at radius 2 is 1.65 bits per heavy atom. The fraction of sp³-hybridized carbons (Fsp3) is 0.333. The summed E-state index contributed by atoms with van der Waals surface area (Å²) in [6, 6.07) is 23.2. The molecule has 0 radical (unpaired) electrons. The normalized spacial score (nSPS) is 12.1. The van der Waals surface area contributed by atoms with E-state index in [1.165, 1.54) is 5.56 Å². The van der Waals surface area contributed by atoms with Crippen molar-refractivity contribution in [3.63, 3.8) is 0 Å². The quantitative estimate of drug-likeness (QED) is 0.454. The lowest BCUT2D eigenvalue weighted by Crippen LogP contribution is -2.33. The van der Waals surface area contributed by atoms with E-state index in [4.69, 9.17) is 21.7 Å². The fourth-order valence-corrected chi connectivity index (χ4v) is 3.48. The lowest BCUT2D eigenvalue weighted by Gasteiger charge is -2.23. The highest BCUT2D eigenvalue weighted by atomic mass is 32.1. The van der Waals surface area contributed by atoms with Gasteiger partial charge < -0.3 is 19.5 Å².